The molecule has 1 aromatic carbocycles. The molecule has 0 N–H and O–H groups in total. The van der Waals surface area contributed by atoms with E-state index in [4.69, 9.17) is 0 Å². The molecule has 4 nitrogen and oxygen atoms in total. The minimum absolute atomic E-state index is 0.00616. The molecule has 1 aliphatic rings. The number of fused-ring (bicyclic) bond motifs is 1. The molecule has 1 amide bonds. The van der Waals surface area contributed by atoms with Crippen LogP contribution in [0, 0.1) is 5.92 Å². The number of rotatable bonds is 4. The lowest BCUT2D eigenvalue weighted by molar-refractivity contribution is -0.116. The first-order chi connectivity index (χ1) is 9.80. The lowest BCUT2D eigenvalue weighted by Crippen LogP contribution is -2.45. The van der Waals surface area contributed by atoms with E-state index in [1.54, 1.807) is 16.7 Å². The average molecular weight is 327 g/mol. The Kier molecular flexibility index (Phi) is 4.99. The molecule has 0 fully saturated rings. The highest BCUT2D eigenvalue weighted by molar-refractivity contribution is 7.99. The van der Waals surface area contributed by atoms with Gasteiger partial charge in [-0.05, 0) is 25.0 Å². The number of nitrogens with zero attached hydrogens (tertiary/aromatic N) is 1. The number of para-hydroxylation sites is 1. The summed E-state index contributed by atoms with van der Waals surface area (Å²) in [5.74, 6) is 0.138. The Morgan fingerprint density at radius 2 is 2.05 bits per heavy atom. The van der Waals surface area contributed by atoms with Gasteiger partial charge in [0, 0.05) is 16.7 Å². The van der Waals surface area contributed by atoms with Gasteiger partial charge in [0.15, 0.2) is 9.84 Å². The molecule has 0 bridgehead atoms. The second-order valence-electron chi connectivity index (χ2n) is 5.84. The van der Waals surface area contributed by atoms with Gasteiger partial charge < -0.3 is 4.90 Å². The van der Waals surface area contributed by atoms with Gasteiger partial charge in [0.25, 0.3) is 0 Å². The molecule has 0 spiro atoms. The molecule has 1 aromatic rings. The largest absolute Gasteiger partial charge is 0.307 e. The summed E-state index contributed by atoms with van der Waals surface area (Å²) in [6.07, 6.45) is 0. The SMILES string of the molecule is CC(C)CS(=O)(=O)CC(=O)N1c2ccccc2SCC1C. The quantitative estimate of drug-likeness (QED) is 0.853. The van der Waals surface area contributed by atoms with E-state index in [0.717, 1.165) is 16.3 Å². The van der Waals surface area contributed by atoms with Crippen LogP contribution in [-0.2, 0) is 14.6 Å². The Morgan fingerprint density at radius 1 is 1.38 bits per heavy atom. The van der Waals surface area contributed by atoms with Crippen molar-refractivity contribution >= 4 is 33.2 Å². The van der Waals surface area contributed by atoms with Crippen LogP contribution in [0.15, 0.2) is 29.2 Å². The minimum Gasteiger partial charge on any atom is -0.307 e. The summed E-state index contributed by atoms with van der Waals surface area (Å²) < 4.78 is 24.1. The van der Waals surface area contributed by atoms with Gasteiger partial charge in [-0.25, -0.2) is 8.42 Å². The summed E-state index contributed by atoms with van der Waals surface area (Å²) in [4.78, 5) is 15.2. The van der Waals surface area contributed by atoms with Crippen molar-refractivity contribution in [2.24, 2.45) is 5.92 Å². The van der Waals surface area contributed by atoms with Crippen LogP contribution in [-0.4, -0.2) is 37.6 Å². The third-order valence-electron chi connectivity index (χ3n) is 3.24. The van der Waals surface area contributed by atoms with Crippen molar-refractivity contribution in [2.45, 2.75) is 31.7 Å². The van der Waals surface area contributed by atoms with Crippen LogP contribution in [0.25, 0.3) is 0 Å². The van der Waals surface area contributed by atoms with E-state index in [1.165, 1.54) is 0 Å². The number of benzene rings is 1. The highest BCUT2D eigenvalue weighted by Crippen LogP contribution is 2.37. The van der Waals surface area contributed by atoms with Crippen LogP contribution in [0.4, 0.5) is 5.69 Å². The lowest BCUT2D eigenvalue weighted by Gasteiger charge is -2.34. The van der Waals surface area contributed by atoms with Crippen LogP contribution in [0.5, 0.6) is 0 Å². The standard InChI is InChI=1S/C15H21NO3S2/c1-11(2)9-21(18,19)10-15(17)16-12(3)8-20-14-7-5-4-6-13(14)16/h4-7,11-12H,8-10H2,1-3H3. The van der Waals surface area contributed by atoms with E-state index in [0.29, 0.717) is 0 Å². The molecule has 6 heteroatoms. The molecule has 0 saturated heterocycles. The zero-order chi connectivity index (χ0) is 15.6. The zero-order valence-electron chi connectivity index (χ0n) is 12.6. The Bertz CT molecular complexity index is 626. The van der Waals surface area contributed by atoms with Gasteiger partial charge in [-0.1, -0.05) is 26.0 Å². The normalized spacial score (nSPS) is 18.7. The first kappa shape index (κ1) is 16.4. The Balaban J connectivity index is 2.23. The molecule has 0 aliphatic carbocycles. The molecule has 2 rings (SSSR count). The Hall–Kier alpha value is -1.01. The van der Waals surface area contributed by atoms with Crippen molar-refractivity contribution in [3.05, 3.63) is 24.3 Å². The summed E-state index contributed by atoms with van der Waals surface area (Å²) in [5, 5.41) is 0. The maximum atomic E-state index is 12.5. The Labute approximate surface area is 130 Å². The molecule has 1 aliphatic heterocycles. The number of carbonyl (C=O) groups is 1. The van der Waals surface area contributed by atoms with Crippen LogP contribution in [0.2, 0.25) is 0 Å². The predicted molar refractivity (Wildman–Crippen MR) is 87.6 cm³/mol. The van der Waals surface area contributed by atoms with E-state index >= 15 is 0 Å². The molecule has 21 heavy (non-hydrogen) atoms. The van der Waals surface area contributed by atoms with Gasteiger partial charge in [0.1, 0.15) is 5.75 Å². The summed E-state index contributed by atoms with van der Waals surface area (Å²) >= 11 is 1.70. The van der Waals surface area contributed by atoms with Gasteiger partial charge in [0.05, 0.1) is 11.4 Å². The van der Waals surface area contributed by atoms with Crippen LogP contribution in [0.3, 0.4) is 0 Å². The molecule has 0 aromatic heterocycles. The summed E-state index contributed by atoms with van der Waals surface area (Å²) in [6.45, 7) is 5.64. The summed E-state index contributed by atoms with van der Waals surface area (Å²) in [7, 11) is -3.35. The topological polar surface area (TPSA) is 54.5 Å². The smallest absolute Gasteiger partial charge is 0.242 e. The van der Waals surface area contributed by atoms with Crippen molar-refractivity contribution in [1.82, 2.24) is 0 Å². The first-order valence-corrected chi connectivity index (χ1v) is 9.85. The zero-order valence-corrected chi connectivity index (χ0v) is 14.2. The second kappa shape index (κ2) is 6.40. The molecule has 0 saturated carbocycles. The van der Waals surface area contributed by atoms with Crippen molar-refractivity contribution in [1.29, 1.82) is 0 Å². The van der Waals surface area contributed by atoms with Crippen LogP contribution < -0.4 is 4.90 Å². The first-order valence-electron chi connectivity index (χ1n) is 7.04. The van der Waals surface area contributed by atoms with Crippen molar-refractivity contribution in [3.63, 3.8) is 0 Å². The number of carbonyl (C=O) groups excluding carboxylic acids is 1. The van der Waals surface area contributed by atoms with E-state index < -0.39 is 15.6 Å². The molecule has 1 heterocycles. The number of hydrogen-bond donors (Lipinski definition) is 0. The maximum Gasteiger partial charge on any atom is 0.242 e. The lowest BCUT2D eigenvalue weighted by atomic mass is 10.2. The van der Waals surface area contributed by atoms with Crippen molar-refractivity contribution in [2.75, 3.05) is 22.2 Å². The fourth-order valence-corrected chi connectivity index (χ4v) is 5.21. The van der Waals surface area contributed by atoms with Gasteiger partial charge in [0.2, 0.25) is 5.91 Å². The molecule has 1 unspecified atom stereocenters. The monoisotopic (exact) mass is 327 g/mol. The van der Waals surface area contributed by atoms with E-state index in [1.807, 2.05) is 45.0 Å². The molecule has 0 radical (unpaired) electrons. The van der Waals surface area contributed by atoms with E-state index in [2.05, 4.69) is 0 Å². The number of amides is 1. The maximum absolute atomic E-state index is 12.5. The van der Waals surface area contributed by atoms with Gasteiger partial charge in [-0.15, -0.1) is 11.8 Å². The Morgan fingerprint density at radius 3 is 2.71 bits per heavy atom. The molecular weight excluding hydrogens is 306 g/mol. The summed E-state index contributed by atoms with van der Waals surface area (Å²) in [5.41, 5.74) is 0.825. The third-order valence-corrected chi connectivity index (χ3v) is 6.41. The molecule has 116 valence electrons. The van der Waals surface area contributed by atoms with E-state index in [9.17, 15) is 13.2 Å². The highest BCUT2D eigenvalue weighted by Gasteiger charge is 2.31. The summed E-state index contributed by atoms with van der Waals surface area (Å²) in [6, 6.07) is 7.66. The van der Waals surface area contributed by atoms with Crippen molar-refractivity contribution < 1.29 is 13.2 Å². The number of hydrogen-bond acceptors (Lipinski definition) is 4. The van der Waals surface area contributed by atoms with Crippen molar-refractivity contribution in [3.8, 4) is 0 Å². The second-order valence-corrected chi connectivity index (χ2v) is 9.01. The number of anilines is 1. The molecule has 1 atom stereocenters. The van der Waals surface area contributed by atoms with E-state index in [-0.39, 0.29) is 23.6 Å². The predicted octanol–water partition coefficient (Wildman–Crippen LogP) is 2.58. The average Bonchev–Trinajstić information content (AvgIpc) is 2.35. The van der Waals surface area contributed by atoms with Crippen LogP contribution in [0.1, 0.15) is 20.8 Å². The highest BCUT2D eigenvalue weighted by atomic mass is 32.2. The van der Waals surface area contributed by atoms with Gasteiger partial charge in [-0.2, -0.15) is 0 Å². The van der Waals surface area contributed by atoms with Crippen LogP contribution >= 0.6 is 11.8 Å². The minimum atomic E-state index is -3.35. The fourth-order valence-electron chi connectivity index (χ4n) is 2.51. The molecular formula is C15H21NO3S2. The van der Waals surface area contributed by atoms with Gasteiger partial charge in [-0.3, -0.25) is 4.79 Å². The third kappa shape index (κ3) is 4.01. The number of sulfone groups is 1. The fraction of sp³-hybridized carbons (Fsp3) is 0.533. The van der Waals surface area contributed by atoms with Gasteiger partial charge >= 0.3 is 0 Å². The number of thioether (sulfide) groups is 1.